The molecule has 2 aromatic heterocycles. The molecule has 1 aliphatic rings. The Morgan fingerprint density at radius 1 is 1.08 bits per heavy atom. The number of aryl methyl sites for hydroxylation is 1. The van der Waals surface area contributed by atoms with Crippen LogP contribution in [0, 0.1) is 12.7 Å². The van der Waals surface area contributed by atoms with Crippen LogP contribution in [-0.2, 0) is 0 Å². The summed E-state index contributed by atoms with van der Waals surface area (Å²) in [5.74, 6) is 1.46. The Morgan fingerprint density at radius 3 is 2.49 bits per heavy atom. The smallest absolute Gasteiger partial charge is 0.254 e. The highest BCUT2D eigenvalue weighted by atomic mass is 35.5. The van der Waals surface area contributed by atoms with Crippen molar-refractivity contribution in [3.05, 3.63) is 76.5 Å². The molecule has 2 aromatic carbocycles. The minimum Gasteiger partial charge on any atom is -0.352 e. The quantitative estimate of drug-likeness (QED) is 0.322. The molecule has 3 heterocycles. The van der Waals surface area contributed by atoms with Gasteiger partial charge in [0, 0.05) is 42.7 Å². The van der Waals surface area contributed by atoms with Crippen LogP contribution >= 0.6 is 11.6 Å². The molecule has 7 nitrogen and oxygen atoms in total. The zero-order valence-corrected chi connectivity index (χ0v) is 22.0. The van der Waals surface area contributed by atoms with Gasteiger partial charge in [0.05, 0.1) is 16.8 Å². The van der Waals surface area contributed by atoms with Gasteiger partial charge in [-0.15, -0.1) is 0 Å². The van der Waals surface area contributed by atoms with Crippen molar-refractivity contribution in [1.29, 1.82) is 0 Å². The second-order valence-corrected chi connectivity index (χ2v) is 9.99. The van der Waals surface area contributed by atoms with E-state index in [0.717, 1.165) is 41.3 Å². The van der Waals surface area contributed by atoms with Gasteiger partial charge in [0.25, 0.3) is 5.91 Å². The van der Waals surface area contributed by atoms with E-state index in [-0.39, 0.29) is 17.6 Å². The maximum absolute atomic E-state index is 13.6. The summed E-state index contributed by atoms with van der Waals surface area (Å²) in [6.45, 7) is 8.66. The first-order valence-electron chi connectivity index (χ1n) is 12.7. The Kier molecular flexibility index (Phi) is 7.11. The fourth-order valence-corrected chi connectivity index (χ4v) is 5.07. The second-order valence-electron chi connectivity index (χ2n) is 9.56. The first-order valence-corrected chi connectivity index (χ1v) is 13.1. The van der Waals surface area contributed by atoms with Crippen LogP contribution in [0.5, 0.6) is 0 Å². The van der Waals surface area contributed by atoms with E-state index in [1.807, 2.05) is 11.8 Å². The molecule has 4 aromatic rings. The summed E-state index contributed by atoms with van der Waals surface area (Å²) < 4.78 is 15.4. The highest BCUT2D eigenvalue weighted by Crippen LogP contribution is 2.32. The number of hydrogen-bond donors (Lipinski definition) is 0. The van der Waals surface area contributed by atoms with E-state index in [1.54, 1.807) is 41.1 Å². The molecular weight excluding hydrogens is 491 g/mol. The number of halogens is 2. The maximum atomic E-state index is 13.6. The van der Waals surface area contributed by atoms with Gasteiger partial charge in [-0.05, 0) is 55.8 Å². The monoisotopic (exact) mass is 520 g/mol. The van der Waals surface area contributed by atoms with Crippen LogP contribution in [0.2, 0.25) is 5.02 Å². The Morgan fingerprint density at radius 2 is 1.81 bits per heavy atom. The van der Waals surface area contributed by atoms with Crippen molar-refractivity contribution in [2.75, 3.05) is 31.1 Å². The molecule has 1 fully saturated rings. The lowest BCUT2D eigenvalue weighted by Crippen LogP contribution is -2.49. The highest BCUT2D eigenvalue weighted by molar-refractivity contribution is 6.30. The Balaban J connectivity index is 1.50. The number of amides is 1. The number of aromatic nitrogens is 4. The van der Waals surface area contributed by atoms with E-state index < -0.39 is 0 Å². The predicted octanol–water partition coefficient (Wildman–Crippen LogP) is 5.78. The lowest BCUT2D eigenvalue weighted by molar-refractivity contribution is 0.0746. The Labute approximate surface area is 220 Å². The number of fused-ring (bicyclic) bond motifs is 1. The number of carbonyl (C=O) groups is 1. The van der Waals surface area contributed by atoms with E-state index in [0.29, 0.717) is 42.4 Å². The van der Waals surface area contributed by atoms with Crippen LogP contribution in [0.15, 0.2) is 48.5 Å². The van der Waals surface area contributed by atoms with Gasteiger partial charge in [-0.2, -0.15) is 5.10 Å². The van der Waals surface area contributed by atoms with E-state index >= 15 is 0 Å². The molecular formula is C28H30ClFN6O. The molecule has 0 spiro atoms. The van der Waals surface area contributed by atoms with Gasteiger partial charge < -0.3 is 9.80 Å². The molecule has 0 radical (unpaired) electrons. The molecule has 0 aliphatic carbocycles. The third kappa shape index (κ3) is 5.03. The maximum Gasteiger partial charge on any atom is 0.254 e. The molecule has 1 aliphatic heterocycles. The average molecular weight is 521 g/mol. The van der Waals surface area contributed by atoms with E-state index in [9.17, 15) is 9.18 Å². The zero-order valence-electron chi connectivity index (χ0n) is 21.3. The number of carbonyl (C=O) groups excluding carboxylic acids is 1. The van der Waals surface area contributed by atoms with Crippen molar-refractivity contribution in [3.63, 3.8) is 0 Å². The van der Waals surface area contributed by atoms with Crippen molar-refractivity contribution in [2.24, 2.45) is 0 Å². The number of piperazine rings is 1. The summed E-state index contributed by atoms with van der Waals surface area (Å²) in [5, 5.41) is 6.20. The molecule has 192 valence electrons. The van der Waals surface area contributed by atoms with Crippen LogP contribution in [0.3, 0.4) is 0 Å². The third-order valence-electron chi connectivity index (χ3n) is 6.87. The molecule has 1 atom stereocenters. The Hall–Kier alpha value is -3.52. The zero-order chi connectivity index (χ0) is 26.1. The highest BCUT2D eigenvalue weighted by Gasteiger charge is 2.27. The molecule has 0 bridgehead atoms. The molecule has 0 saturated carbocycles. The number of anilines is 1. The van der Waals surface area contributed by atoms with Crippen LogP contribution < -0.4 is 4.90 Å². The van der Waals surface area contributed by atoms with Crippen LogP contribution in [0.1, 0.15) is 54.5 Å². The molecule has 1 saturated heterocycles. The molecule has 1 unspecified atom stereocenters. The van der Waals surface area contributed by atoms with Crippen LogP contribution in [0.25, 0.3) is 16.7 Å². The fraction of sp³-hybridized carbons (Fsp3) is 0.357. The number of rotatable bonds is 6. The summed E-state index contributed by atoms with van der Waals surface area (Å²) in [6, 6.07) is 13.3. The minimum atomic E-state index is -0.297. The minimum absolute atomic E-state index is 0.0208. The summed E-state index contributed by atoms with van der Waals surface area (Å²) in [6.07, 6.45) is 2.00. The summed E-state index contributed by atoms with van der Waals surface area (Å²) >= 11 is 6.10. The third-order valence-corrected chi connectivity index (χ3v) is 7.11. The standard InChI is InChI=1S/C28H30ClFN6O/c1-4-6-18(2)25-31-26(24-19(3)33-36(27(24)32-25)23-11-9-22(30)10-12-23)34-13-15-35(16-14-34)28(37)20-7-5-8-21(29)17-20/h5,7-12,17-18H,4,6,13-16H2,1-3H3. The number of hydrogen-bond acceptors (Lipinski definition) is 5. The van der Waals surface area contributed by atoms with Crippen molar-refractivity contribution in [1.82, 2.24) is 24.6 Å². The molecule has 9 heteroatoms. The van der Waals surface area contributed by atoms with Crippen molar-refractivity contribution in [2.45, 2.75) is 39.5 Å². The van der Waals surface area contributed by atoms with Crippen molar-refractivity contribution in [3.8, 4) is 5.69 Å². The first-order chi connectivity index (χ1) is 17.9. The summed E-state index contributed by atoms with van der Waals surface area (Å²) in [7, 11) is 0. The molecule has 1 amide bonds. The van der Waals surface area contributed by atoms with Crippen LogP contribution in [0.4, 0.5) is 10.2 Å². The largest absolute Gasteiger partial charge is 0.352 e. The van der Waals surface area contributed by atoms with Gasteiger partial charge >= 0.3 is 0 Å². The van der Waals surface area contributed by atoms with Gasteiger partial charge in [0.2, 0.25) is 0 Å². The average Bonchev–Trinajstić information content (AvgIpc) is 3.24. The molecule has 5 rings (SSSR count). The SMILES string of the molecule is CCCC(C)c1nc(N2CCN(C(=O)c3cccc(Cl)c3)CC2)c2c(C)nn(-c3ccc(F)cc3)c2n1. The lowest BCUT2D eigenvalue weighted by atomic mass is 10.1. The predicted molar refractivity (Wildman–Crippen MR) is 144 cm³/mol. The molecule has 37 heavy (non-hydrogen) atoms. The normalized spacial score (nSPS) is 14.8. The van der Waals surface area contributed by atoms with E-state index in [4.69, 9.17) is 26.7 Å². The van der Waals surface area contributed by atoms with Gasteiger partial charge in [-0.25, -0.2) is 19.0 Å². The van der Waals surface area contributed by atoms with E-state index in [2.05, 4.69) is 18.7 Å². The number of nitrogens with zero attached hydrogens (tertiary/aromatic N) is 6. The Bertz CT molecular complexity index is 1430. The second kappa shape index (κ2) is 10.5. The van der Waals surface area contributed by atoms with Gasteiger partial charge in [0.1, 0.15) is 17.5 Å². The summed E-state index contributed by atoms with van der Waals surface area (Å²) in [4.78, 5) is 27.1. The van der Waals surface area contributed by atoms with E-state index in [1.165, 1.54) is 12.1 Å². The topological polar surface area (TPSA) is 67.2 Å². The van der Waals surface area contributed by atoms with Crippen LogP contribution in [-0.4, -0.2) is 56.7 Å². The lowest BCUT2D eigenvalue weighted by Gasteiger charge is -2.36. The van der Waals surface area contributed by atoms with Gasteiger partial charge in [0.15, 0.2) is 5.65 Å². The summed E-state index contributed by atoms with van der Waals surface area (Å²) in [5.41, 5.74) is 2.86. The van der Waals surface area contributed by atoms with Crippen molar-refractivity contribution >= 4 is 34.4 Å². The first kappa shape index (κ1) is 25.1. The van der Waals surface area contributed by atoms with Gasteiger partial charge in [-0.1, -0.05) is 37.9 Å². The fourth-order valence-electron chi connectivity index (χ4n) is 4.88. The van der Waals surface area contributed by atoms with Gasteiger partial charge in [-0.3, -0.25) is 4.79 Å². The molecule has 0 N–H and O–H groups in total. The number of benzene rings is 2. The van der Waals surface area contributed by atoms with Crippen molar-refractivity contribution < 1.29 is 9.18 Å².